The Morgan fingerprint density at radius 1 is 1.50 bits per heavy atom. The van der Waals surface area contributed by atoms with Crippen LogP contribution in [-0.2, 0) is 0 Å². The minimum absolute atomic E-state index is 0.142. The molecule has 1 saturated heterocycles. The first kappa shape index (κ1) is 15.4. The van der Waals surface area contributed by atoms with E-state index < -0.39 is 0 Å². The number of likely N-dealkylation sites (tertiary alicyclic amines) is 1. The van der Waals surface area contributed by atoms with Crippen LogP contribution in [0.15, 0.2) is 18.2 Å². The standard InChI is InChI=1S/C16H25FN2O/c1-12-5-6-13(10-15(12)17)16(18-2)7-9-19-8-3-4-14(20)11-19/h5-6,10,14,16,18,20H,3-4,7-9,11H2,1-2H3. The predicted molar refractivity (Wildman–Crippen MR) is 79.2 cm³/mol. The molecule has 0 bridgehead atoms. The van der Waals surface area contributed by atoms with E-state index >= 15 is 0 Å². The lowest BCUT2D eigenvalue weighted by Gasteiger charge is -2.31. The highest BCUT2D eigenvalue weighted by molar-refractivity contribution is 5.25. The van der Waals surface area contributed by atoms with Gasteiger partial charge >= 0.3 is 0 Å². The quantitative estimate of drug-likeness (QED) is 0.868. The maximum Gasteiger partial charge on any atom is 0.126 e. The Hall–Kier alpha value is -0.970. The molecule has 1 fully saturated rings. The largest absolute Gasteiger partial charge is 0.392 e. The fourth-order valence-electron chi connectivity index (χ4n) is 2.85. The van der Waals surface area contributed by atoms with Crippen LogP contribution >= 0.6 is 0 Å². The third-order valence-corrected chi connectivity index (χ3v) is 4.16. The average Bonchev–Trinajstić information content (AvgIpc) is 2.43. The molecule has 0 aliphatic carbocycles. The molecule has 1 heterocycles. The fourth-order valence-corrected chi connectivity index (χ4v) is 2.85. The van der Waals surface area contributed by atoms with E-state index in [0.717, 1.165) is 44.5 Å². The van der Waals surface area contributed by atoms with Crippen molar-refractivity contribution in [2.24, 2.45) is 0 Å². The number of benzene rings is 1. The van der Waals surface area contributed by atoms with Crippen molar-refractivity contribution in [2.45, 2.75) is 38.3 Å². The molecule has 2 N–H and O–H groups in total. The van der Waals surface area contributed by atoms with E-state index in [1.54, 1.807) is 13.0 Å². The summed E-state index contributed by atoms with van der Waals surface area (Å²) in [7, 11) is 1.91. The van der Waals surface area contributed by atoms with E-state index in [0.29, 0.717) is 5.56 Å². The number of hydrogen-bond donors (Lipinski definition) is 2. The molecule has 1 aliphatic heterocycles. The zero-order valence-electron chi connectivity index (χ0n) is 12.4. The molecule has 0 saturated carbocycles. The average molecular weight is 280 g/mol. The number of piperidine rings is 1. The molecule has 2 unspecified atom stereocenters. The second-order valence-electron chi connectivity index (χ2n) is 5.74. The van der Waals surface area contributed by atoms with Gasteiger partial charge in [0.15, 0.2) is 0 Å². The summed E-state index contributed by atoms with van der Waals surface area (Å²) in [5, 5.41) is 12.9. The third kappa shape index (κ3) is 4.01. The zero-order valence-corrected chi connectivity index (χ0v) is 12.4. The Morgan fingerprint density at radius 3 is 2.95 bits per heavy atom. The highest BCUT2D eigenvalue weighted by atomic mass is 19.1. The van der Waals surface area contributed by atoms with Gasteiger partial charge < -0.3 is 15.3 Å². The summed E-state index contributed by atoms with van der Waals surface area (Å²) in [5.41, 5.74) is 1.68. The first-order valence-electron chi connectivity index (χ1n) is 7.44. The fraction of sp³-hybridized carbons (Fsp3) is 0.625. The monoisotopic (exact) mass is 280 g/mol. The number of nitrogens with one attached hydrogen (secondary N) is 1. The van der Waals surface area contributed by atoms with Crippen molar-refractivity contribution in [3.63, 3.8) is 0 Å². The van der Waals surface area contributed by atoms with E-state index in [1.165, 1.54) is 0 Å². The topological polar surface area (TPSA) is 35.5 Å². The van der Waals surface area contributed by atoms with Gasteiger partial charge in [0.1, 0.15) is 5.82 Å². The molecule has 2 rings (SSSR count). The summed E-state index contributed by atoms with van der Waals surface area (Å²) >= 11 is 0. The second-order valence-corrected chi connectivity index (χ2v) is 5.74. The van der Waals surface area contributed by atoms with Gasteiger partial charge in [-0.15, -0.1) is 0 Å². The van der Waals surface area contributed by atoms with Crippen LogP contribution in [0.5, 0.6) is 0 Å². The molecule has 0 aromatic heterocycles. The van der Waals surface area contributed by atoms with Gasteiger partial charge in [-0.3, -0.25) is 0 Å². The van der Waals surface area contributed by atoms with Gasteiger partial charge in [-0.05, 0) is 57.0 Å². The van der Waals surface area contributed by atoms with Crippen molar-refractivity contribution in [1.82, 2.24) is 10.2 Å². The van der Waals surface area contributed by atoms with Crippen LogP contribution in [0, 0.1) is 12.7 Å². The first-order chi connectivity index (χ1) is 9.60. The Balaban J connectivity index is 1.93. The number of nitrogens with zero attached hydrogens (tertiary/aromatic N) is 1. The molecule has 2 atom stereocenters. The highest BCUT2D eigenvalue weighted by Gasteiger charge is 2.19. The molecule has 0 spiro atoms. The van der Waals surface area contributed by atoms with Crippen molar-refractivity contribution in [1.29, 1.82) is 0 Å². The SMILES string of the molecule is CNC(CCN1CCCC(O)C1)c1ccc(C)c(F)c1. The van der Waals surface area contributed by atoms with Crippen LogP contribution in [0.2, 0.25) is 0 Å². The van der Waals surface area contributed by atoms with Crippen LogP contribution < -0.4 is 5.32 Å². The predicted octanol–water partition coefficient (Wildman–Crippen LogP) is 2.24. The number of hydrogen-bond acceptors (Lipinski definition) is 3. The van der Waals surface area contributed by atoms with E-state index in [-0.39, 0.29) is 18.0 Å². The molecule has 112 valence electrons. The van der Waals surface area contributed by atoms with E-state index in [4.69, 9.17) is 0 Å². The van der Waals surface area contributed by atoms with Crippen LogP contribution in [0.4, 0.5) is 4.39 Å². The van der Waals surface area contributed by atoms with Crippen molar-refractivity contribution in [3.05, 3.63) is 35.1 Å². The molecule has 0 amide bonds. The molecule has 3 nitrogen and oxygen atoms in total. The smallest absolute Gasteiger partial charge is 0.126 e. The number of aryl methyl sites for hydroxylation is 1. The molecule has 20 heavy (non-hydrogen) atoms. The number of aliphatic hydroxyl groups excluding tert-OH is 1. The van der Waals surface area contributed by atoms with Gasteiger partial charge in [0.25, 0.3) is 0 Å². The number of β-amino-alcohol motifs (C(OH)–C–C–N with tert-alkyl or cyclic N) is 1. The number of rotatable bonds is 5. The Bertz CT molecular complexity index is 438. The molecule has 1 aliphatic rings. The van der Waals surface area contributed by atoms with E-state index in [1.807, 2.05) is 19.2 Å². The van der Waals surface area contributed by atoms with Crippen LogP contribution in [0.1, 0.15) is 36.4 Å². The maximum atomic E-state index is 13.7. The molecule has 4 heteroatoms. The number of halogens is 1. The zero-order chi connectivity index (χ0) is 14.5. The van der Waals surface area contributed by atoms with Gasteiger partial charge in [0.2, 0.25) is 0 Å². The van der Waals surface area contributed by atoms with E-state index in [2.05, 4.69) is 10.2 Å². The van der Waals surface area contributed by atoms with Crippen molar-refractivity contribution in [3.8, 4) is 0 Å². The van der Waals surface area contributed by atoms with Crippen molar-refractivity contribution in [2.75, 3.05) is 26.7 Å². The lowest BCUT2D eigenvalue weighted by atomic mass is 10.0. The lowest BCUT2D eigenvalue weighted by molar-refractivity contribution is 0.0687. The maximum absolute atomic E-state index is 13.7. The first-order valence-corrected chi connectivity index (χ1v) is 7.44. The normalized spacial score (nSPS) is 21.9. The third-order valence-electron chi connectivity index (χ3n) is 4.16. The van der Waals surface area contributed by atoms with Crippen molar-refractivity contribution < 1.29 is 9.50 Å². The molecular weight excluding hydrogens is 255 g/mol. The second kappa shape index (κ2) is 7.16. The lowest BCUT2D eigenvalue weighted by Crippen LogP contribution is -2.39. The van der Waals surface area contributed by atoms with Crippen molar-refractivity contribution >= 4 is 0 Å². The van der Waals surface area contributed by atoms with Crippen LogP contribution in [0.3, 0.4) is 0 Å². The number of aliphatic hydroxyl groups is 1. The summed E-state index contributed by atoms with van der Waals surface area (Å²) in [4.78, 5) is 2.29. The highest BCUT2D eigenvalue weighted by Crippen LogP contribution is 2.20. The van der Waals surface area contributed by atoms with Gasteiger partial charge in [0, 0.05) is 19.1 Å². The summed E-state index contributed by atoms with van der Waals surface area (Å²) in [6.45, 7) is 4.52. The summed E-state index contributed by atoms with van der Waals surface area (Å²) in [6, 6.07) is 5.61. The van der Waals surface area contributed by atoms with Gasteiger partial charge in [-0.1, -0.05) is 12.1 Å². The van der Waals surface area contributed by atoms with Gasteiger partial charge in [-0.2, -0.15) is 0 Å². The summed E-state index contributed by atoms with van der Waals surface area (Å²) in [6.07, 6.45) is 2.71. The van der Waals surface area contributed by atoms with Crippen LogP contribution in [0.25, 0.3) is 0 Å². The molecule has 1 aromatic carbocycles. The Labute approximate surface area is 120 Å². The molecule has 0 radical (unpaired) electrons. The van der Waals surface area contributed by atoms with Gasteiger partial charge in [-0.25, -0.2) is 4.39 Å². The van der Waals surface area contributed by atoms with Crippen LogP contribution in [-0.4, -0.2) is 42.8 Å². The van der Waals surface area contributed by atoms with E-state index in [9.17, 15) is 9.50 Å². The minimum atomic E-state index is -0.186. The van der Waals surface area contributed by atoms with Gasteiger partial charge in [0.05, 0.1) is 6.10 Å². The summed E-state index contributed by atoms with van der Waals surface area (Å²) < 4.78 is 13.7. The molecular formula is C16H25FN2O. The Kier molecular flexibility index (Phi) is 5.52. The Morgan fingerprint density at radius 2 is 2.30 bits per heavy atom. The summed E-state index contributed by atoms with van der Waals surface area (Å²) in [5.74, 6) is -0.142. The molecule has 1 aromatic rings. The minimum Gasteiger partial charge on any atom is -0.392 e.